The molecule has 1 aliphatic carbocycles. The number of nitrogens with one attached hydrogen (secondary N) is 1. The number of carboxylic acid groups (broad SMARTS) is 1. The third-order valence-electron chi connectivity index (χ3n) is 5.14. The number of nitro benzene ring substituents is 1. The summed E-state index contributed by atoms with van der Waals surface area (Å²) in [7, 11) is 0. The van der Waals surface area contributed by atoms with Gasteiger partial charge in [-0.15, -0.1) is 0 Å². The number of allylic oxidation sites excluding steroid dienone is 2. The predicted octanol–water partition coefficient (Wildman–Crippen LogP) is 3.55. The molecule has 0 spiro atoms. The number of carboxylic acids is 1. The Kier molecular flexibility index (Phi) is 4.03. The molecular formula is C19H14BrN2O4-. The van der Waals surface area contributed by atoms with E-state index in [-0.39, 0.29) is 29.1 Å². The Morgan fingerprint density at radius 3 is 2.58 bits per heavy atom. The Labute approximate surface area is 157 Å². The maximum atomic E-state index is 11.6. The zero-order valence-corrected chi connectivity index (χ0v) is 15.1. The fourth-order valence-electron chi connectivity index (χ4n) is 4.02. The van der Waals surface area contributed by atoms with Gasteiger partial charge in [-0.3, -0.25) is 10.1 Å². The number of fused-ring (bicyclic) bond motifs is 3. The van der Waals surface area contributed by atoms with Gasteiger partial charge in [0.05, 0.1) is 28.2 Å². The van der Waals surface area contributed by atoms with Crippen molar-refractivity contribution in [3.63, 3.8) is 0 Å². The van der Waals surface area contributed by atoms with Crippen LogP contribution in [0.15, 0.2) is 53.0 Å². The molecule has 2 aromatic carbocycles. The molecule has 26 heavy (non-hydrogen) atoms. The SMILES string of the molecule is O=C([O-])c1ccc([N+](=O)[O-])c2c1N[C@H](c1ccc(Br)cc1)[C@@H]1CC=C[C@H]21. The van der Waals surface area contributed by atoms with Crippen LogP contribution in [-0.4, -0.2) is 10.9 Å². The van der Waals surface area contributed by atoms with E-state index in [2.05, 4.69) is 21.2 Å². The smallest absolute Gasteiger partial charge is 0.275 e. The van der Waals surface area contributed by atoms with Crippen molar-refractivity contribution in [2.45, 2.75) is 18.4 Å². The van der Waals surface area contributed by atoms with Crippen LogP contribution in [0.25, 0.3) is 0 Å². The molecule has 1 heterocycles. The van der Waals surface area contributed by atoms with Crippen LogP contribution in [0.3, 0.4) is 0 Å². The minimum atomic E-state index is -1.35. The first kappa shape index (κ1) is 16.8. The summed E-state index contributed by atoms with van der Waals surface area (Å²) in [6.45, 7) is 0. The van der Waals surface area contributed by atoms with Crippen LogP contribution < -0.4 is 10.4 Å². The van der Waals surface area contributed by atoms with Gasteiger partial charge in [-0.25, -0.2) is 0 Å². The van der Waals surface area contributed by atoms with E-state index >= 15 is 0 Å². The number of halogens is 1. The van der Waals surface area contributed by atoms with Gasteiger partial charge >= 0.3 is 0 Å². The molecule has 0 saturated heterocycles. The van der Waals surface area contributed by atoms with Gasteiger partial charge in [-0.1, -0.05) is 40.2 Å². The summed E-state index contributed by atoms with van der Waals surface area (Å²) in [5.74, 6) is -1.47. The molecule has 0 bridgehead atoms. The van der Waals surface area contributed by atoms with Crippen LogP contribution in [0, 0.1) is 16.0 Å². The Bertz CT molecular complexity index is 939. The number of anilines is 1. The first-order chi connectivity index (χ1) is 12.5. The molecule has 2 aliphatic rings. The van der Waals surface area contributed by atoms with E-state index in [9.17, 15) is 20.0 Å². The fraction of sp³-hybridized carbons (Fsp3) is 0.211. The molecule has 1 N–H and O–H groups in total. The van der Waals surface area contributed by atoms with Crippen LogP contribution in [0.5, 0.6) is 0 Å². The Morgan fingerprint density at radius 2 is 1.92 bits per heavy atom. The Balaban J connectivity index is 1.91. The van der Waals surface area contributed by atoms with Crippen LogP contribution in [0.1, 0.15) is 39.9 Å². The number of nitro groups is 1. The van der Waals surface area contributed by atoms with E-state index < -0.39 is 10.9 Å². The number of carbonyl (C=O) groups excluding carboxylic acids is 1. The van der Waals surface area contributed by atoms with Crippen LogP contribution >= 0.6 is 15.9 Å². The fourth-order valence-corrected chi connectivity index (χ4v) is 4.28. The van der Waals surface area contributed by atoms with Crippen LogP contribution in [-0.2, 0) is 0 Å². The largest absolute Gasteiger partial charge is 0.545 e. The van der Waals surface area contributed by atoms with Crippen LogP contribution in [0.2, 0.25) is 0 Å². The minimum absolute atomic E-state index is 0.0496. The summed E-state index contributed by atoms with van der Waals surface area (Å²) in [4.78, 5) is 22.7. The van der Waals surface area contributed by atoms with E-state index in [1.165, 1.54) is 12.1 Å². The molecule has 7 heteroatoms. The van der Waals surface area contributed by atoms with E-state index in [1.807, 2.05) is 36.4 Å². The summed E-state index contributed by atoms with van der Waals surface area (Å²) in [5, 5.41) is 26.4. The van der Waals surface area contributed by atoms with E-state index in [0.29, 0.717) is 11.3 Å². The second-order valence-electron chi connectivity index (χ2n) is 6.49. The standard InChI is InChI=1S/C19H15BrN2O4/c20-11-6-4-10(5-7-11)17-13-3-1-2-12(13)16-15(22(25)26)9-8-14(19(23)24)18(16)21-17/h1-2,4-9,12-13,17,21H,3H2,(H,23,24)/p-1/t12-,13+,17+/m0/s1. The molecule has 2 aromatic rings. The first-order valence-corrected chi connectivity index (χ1v) is 8.98. The highest BCUT2D eigenvalue weighted by Crippen LogP contribution is 2.53. The van der Waals surface area contributed by atoms with Crippen molar-refractivity contribution in [2.75, 3.05) is 5.32 Å². The number of rotatable bonds is 3. The van der Waals surface area contributed by atoms with Crippen molar-refractivity contribution in [1.29, 1.82) is 0 Å². The number of hydrogen-bond acceptors (Lipinski definition) is 5. The number of benzene rings is 2. The number of hydrogen-bond donors (Lipinski definition) is 1. The average Bonchev–Trinajstić information content (AvgIpc) is 3.10. The topological polar surface area (TPSA) is 95.3 Å². The highest BCUT2D eigenvalue weighted by Gasteiger charge is 2.42. The van der Waals surface area contributed by atoms with Gasteiger partial charge in [0, 0.05) is 22.0 Å². The molecule has 4 rings (SSSR count). The second kappa shape index (κ2) is 6.25. The molecule has 0 radical (unpaired) electrons. The summed E-state index contributed by atoms with van der Waals surface area (Å²) < 4.78 is 0.949. The quantitative estimate of drug-likeness (QED) is 0.471. The zero-order valence-electron chi connectivity index (χ0n) is 13.5. The van der Waals surface area contributed by atoms with Crippen molar-refractivity contribution in [3.05, 3.63) is 79.8 Å². The van der Waals surface area contributed by atoms with Crippen molar-refractivity contribution >= 4 is 33.3 Å². The van der Waals surface area contributed by atoms with E-state index in [1.54, 1.807) is 0 Å². The van der Waals surface area contributed by atoms with Crippen molar-refractivity contribution in [3.8, 4) is 0 Å². The lowest BCUT2D eigenvalue weighted by Gasteiger charge is -2.38. The number of nitrogens with zero attached hydrogens (tertiary/aromatic N) is 1. The van der Waals surface area contributed by atoms with Crippen molar-refractivity contribution in [1.82, 2.24) is 0 Å². The Hall–Kier alpha value is -2.67. The highest BCUT2D eigenvalue weighted by atomic mass is 79.9. The minimum Gasteiger partial charge on any atom is -0.545 e. The lowest BCUT2D eigenvalue weighted by molar-refractivity contribution is -0.385. The number of carbonyl (C=O) groups is 1. The van der Waals surface area contributed by atoms with Gasteiger partial charge in [0.1, 0.15) is 0 Å². The maximum absolute atomic E-state index is 11.6. The van der Waals surface area contributed by atoms with Gasteiger partial charge in [0.2, 0.25) is 0 Å². The monoisotopic (exact) mass is 413 g/mol. The van der Waals surface area contributed by atoms with Crippen molar-refractivity contribution in [2.24, 2.45) is 5.92 Å². The molecule has 0 aromatic heterocycles. The Morgan fingerprint density at radius 1 is 1.19 bits per heavy atom. The van der Waals surface area contributed by atoms with Gasteiger partial charge in [-0.2, -0.15) is 0 Å². The molecule has 3 atom stereocenters. The molecule has 0 unspecified atom stereocenters. The molecule has 0 amide bonds. The predicted molar refractivity (Wildman–Crippen MR) is 97.9 cm³/mol. The molecule has 6 nitrogen and oxygen atoms in total. The third-order valence-corrected chi connectivity index (χ3v) is 5.67. The average molecular weight is 414 g/mol. The second-order valence-corrected chi connectivity index (χ2v) is 7.41. The van der Waals surface area contributed by atoms with E-state index in [0.717, 1.165) is 16.5 Å². The third kappa shape index (κ3) is 2.59. The van der Waals surface area contributed by atoms with E-state index in [4.69, 9.17) is 0 Å². The molecule has 132 valence electrons. The van der Waals surface area contributed by atoms with Crippen LogP contribution in [0.4, 0.5) is 11.4 Å². The summed E-state index contributed by atoms with van der Waals surface area (Å²) >= 11 is 3.41. The maximum Gasteiger partial charge on any atom is 0.275 e. The van der Waals surface area contributed by atoms with Crippen molar-refractivity contribution < 1.29 is 14.8 Å². The molecular weight excluding hydrogens is 400 g/mol. The molecule has 0 fully saturated rings. The summed E-state index contributed by atoms with van der Waals surface area (Å²) in [5.41, 5.74) is 1.62. The lowest BCUT2D eigenvalue weighted by atomic mass is 9.75. The first-order valence-electron chi connectivity index (χ1n) is 8.18. The van der Waals surface area contributed by atoms with Gasteiger partial charge in [0.25, 0.3) is 5.69 Å². The lowest BCUT2D eigenvalue weighted by Crippen LogP contribution is -2.33. The summed E-state index contributed by atoms with van der Waals surface area (Å²) in [6, 6.07) is 10.2. The number of aromatic carboxylic acids is 1. The molecule has 0 saturated carbocycles. The van der Waals surface area contributed by atoms with Gasteiger partial charge in [0.15, 0.2) is 0 Å². The van der Waals surface area contributed by atoms with Gasteiger partial charge in [-0.05, 0) is 36.1 Å². The highest BCUT2D eigenvalue weighted by molar-refractivity contribution is 9.10. The summed E-state index contributed by atoms with van der Waals surface area (Å²) in [6.07, 6.45) is 4.72. The van der Waals surface area contributed by atoms with Gasteiger partial charge < -0.3 is 15.2 Å². The zero-order chi connectivity index (χ0) is 18.4. The normalized spacial score (nSPS) is 23.0. The molecule has 1 aliphatic heterocycles.